The van der Waals surface area contributed by atoms with E-state index in [2.05, 4.69) is 10.2 Å². The van der Waals surface area contributed by atoms with Crippen LogP contribution in [0.1, 0.15) is 0 Å². The number of fused-ring (bicyclic) bond motifs is 3. The SMILES string of the molecule is O=[N+]([O-])c1ccc(N=NC23C=CC4([N+](=O)[O-])OC4C2O3)cc1. The molecule has 0 aromatic heterocycles. The Morgan fingerprint density at radius 1 is 1.05 bits per heavy atom. The molecule has 22 heavy (non-hydrogen) atoms. The highest BCUT2D eigenvalue weighted by Gasteiger charge is 2.83. The Hall–Kier alpha value is -2.72. The van der Waals surface area contributed by atoms with Gasteiger partial charge in [0, 0.05) is 18.2 Å². The molecule has 0 saturated carbocycles. The first-order valence-electron chi connectivity index (χ1n) is 6.35. The Morgan fingerprint density at radius 2 is 1.77 bits per heavy atom. The smallest absolute Gasteiger partial charge is 0.334 e. The molecule has 1 aromatic rings. The van der Waals surface area contributed by atoms with E-state index in [0.717, 1.165) is 0 Å². The van der Waals surface area contributed by atoms with E-state index in [1.807, 2.05) is 0 Å². The average molecular weight is 304 g/mol. The summed E-state index contributed by atoms with van der Waals surface area (Å²) in [6.45, 7) is 0. The van der Waals surface area contributed by atoms with Gasteiger partial charge in [-0.1, -0.05) is 0 Å². The first kappa shape index (κ1) is 13.0. The molecule has 2 aliphatic heterocycles. The van der Waals surface area contributed by atoms with Gasteiger partial charge in [0.2, 0.25) is 5.72 Å². The Morgan fingerprint density at radius 3 is 2.41 bits per heavy atom. The molecule has 0 spiro atoms. The fourth-order valence-electron chi connectivity index (χ4n) is 2.50. The zero-order valence-corrected chi connectivity index (χ0v) is 10.9. The van der Waals surface area contributed by atoms with Crippen molar-refractivity contribution in [2.75, 3.05) is 0 Å². The summed E-state index contributed by atoms with van der Waals surface area (Å²) in [6, 6.07) is 5.54. The highest BCUT2D eigenvalue weighted by molar-refractivity contribution is 5.44. The van der Waals surface area contributed by atoms with Crippen molar-refractivity contribution in [1.82, 2.24) is 0 Å². The van der Waals surface area contributed by atoms with E-state index < -0.39 is 33.5 Å². The standard InChI is InChI=1S/C12H8N4O6/c17-15(18)8-3-1-7(2-4-8)13-14-11-5-6-12(16(19)20)10(22-12)9(11)21-11/h1-6,9-10H. The van der Waals surface area contributed by atoms with Crippen LogP contribution < -0.4 is 0 Å². The van der Waals surface area contributed by atoms with E-state index in [4.69, 9.17) is 9.47 Å². The van der Waals surface area contributed by atoms with Gasteiger partial charge in [-0.3, -0.25) is 25.0 Å². The Balaban J connectivity index is 1.52. The van der Waals surface area contributed by atoms with Gasteiger partial charge in [0.1, 0.15) is 0 Å². The quantitative estimate of drug-likeness (QED) is 0.273. The molecule has 0 radical (unpaired) electrons. The van der Waals surface area contributed by atoms with Crippen molar-refractivity contribution in [1.29, 1.82) is 0 Å². The summed E-state index contributed by atoms with van der Waals surface area (Å²) in [5.74, 6) is 0. The Labute approximate surface area is 122 Å². The lowest BCUT2D eigenvalue weighted by Crippen LogP contribution is -2.31. The number of hydrogen-bond acceptors (Lipinski definition) is 8. The minimum Gasteiger partial charge on any atom is -0.334 e. The van der Waals surface area contributed by atoms with E-state index in [0.29, 0.717) is 5.69 Å². The third kappa shape index (κ3) is 1.68. The molecule has 10 heteroatoms. The van der Waals surface area contributed by atoms with Crippen molar-refractivity contribution in [3.8, 4) is 0 Å². The van der Waals surface area contributed by atoms with E-state index in [1.54, 1.807) is 0 Å². The van der Waals surface area contributed by atoms with Crippen molar-refractivity contribution in [3.05, 3.63) is 56.6 Å². The van der Waals surface area contributed by atoms with Crippen LogP contribution in [0.4, 0.5) is 11.4 Å². The minimum atomic E-state index is -1.48. The first-order chi connectivity index (χ1) is 10.5. The van der Waals surface area contributed by atoms with Crippen LogP contribution >= 0.6 is 0 Å². The maximum Gasteiger partial charge on any atom is 0.374 e. The average Bonchev–Trinajstić information content (AvgIpc) is 3.37. The van der Waals surface area contributed by atoms with Crippen LogP contribution in [0.15, 0.2) is 46.6 Å². The number of hydrogen-bond donors (Lipinski definition) is 0. The van der Waals surface area contributed by atoms with Crippen molar-refractivity contribution in [2.24, 2.45) is 10.2 Å². The summed E-state index contributed by atoms with van der Waals surface area (Å²) in [5, 5.41) is 29.5. The predicted molar refractivity (Wildman–Crippen MR) is 69.0 cm³/mol. The minimum absolute atomic E-state index is 0.0441. The second kappa shape index (κ2) is 3.93. The Kier molecular flexibility index (Phi) is 2.32. The molecule has 112 valence electrons. The van der Waals surface area contributed by atoms with Gasteiger partial charge in [-0.15, -0.1) is 5.11 Å². The summed E-state index contributed by atoms with van der Waals surface area (Å²) in [4.78, 5) is 20.5. The largest absolute Gasteiger partial charge is 0.374 e. The highest BCUT2D eigenvalue weighted by atomic mass is 16.8. The molecule has 0 bridgehead atoms. The topological polar surface area (TPSA) is 136 Å². The van der Waals surface area contributed by atoms with Gasteiger partial charge < -0.3 is 4.74 Å². The maximum atomic E-state index is 10.9. The second-order valence-electron chi connectivity index (χ2n) is 5.14. The summed E-state index contributed by atoms with van der Waals surface area (Å²) < 4.78 is 10.5. The predicted octanol–water partition coefficient (Wildman–Crippen LogP) is 1.72. The molecule has 10 nitrogen and oxygen atoms in total. The van der Waals surface area contributed by atoms with Gasteiger partial charge in [-0.05, 0) is 18.2 Å². The summed E-state index contributed by atoms with van der Waals surface area (Å²) in [6.07, 6.45) is 1.63. The molecular formula is C12H8N4O6. The summed E-state index contributed by atoms with van der Waals surface area (Å²) in [7, 11) is 0. The maximum absolute atomic E-state index is 10.9. The van der Waals surface area contributed by atoms with Gasteiger partial charge in [0.05, 0.1) is 15.5 Å². The van der Waals surface area contributed by atoms with Crippen molar-refractivity contribution in [2.45, 2.75) is 23.7 Å². The van der Waals surface area contributed by atoms with Crippen LogP contribution in [0.2, 0.25) is 0 Å². The zero-order chi connectivity index (χ0) is 15.5. The number of rotatable bonds is 4. The Bertz CT molecular complexity index is 746. The zero-order valence-electron chi connectivity index (χ0n) is 10.9. The van der Waals surface area contributed by atoms with E-state index >= 15 is 0 Å². The van der Waals surface area contributed by atoms with Gasteiger partial charge >= 0.3 is 5.72 Å². The van der Waals surface area contributed by atoms with Gasteiger partial charge in [-0.25, -0.2) is 0 Å². The van der Waals surface area contributed by atoms with Crippen LogP contribution in [0.25, 0.3) is 0 Å². The number of epoxide rings is 2. The molecule has 2 saturated heterocycles. The molecule has 4 rings (SSSR count). The second-order valence-corrected chi connectivity index (χ2v) is 5.14. The summed E-state index contributed by atoms with van der Waals surface area (Å²) in [5.41, 5.74) is -2.13. The lowest BCUT2D eigenvalue weighted by molar-refractivity contribution is -0.548. The molecule has 1 aromatic carbocycles. The third-order valence-electron chi connectivity index (χ3n) is 3.84. The van der Waals surface area contributed by atoms with E-state index in [1.165, 1.54) is 36.4 Å². The number of benzene rings is 1. The molecule has 1 aliphatic carbocycles. The molecule has 2 fully saturated rings. The first-order valence-corrected chi connectivity index (χ1v) is 6.35. The fraction of sp³-hybridized carbons (Fsp3) is 0.333. The number of nitro groups is 2. The van der Waals surface area contributed by atoms with Crippen LogP contribution in [-0.4, -0.2) is 33.5 Å². The number of azo groups is 1. The lowest BCUT2D eigenvalue weighted by atomic mass is 10.00. The number of non-ortho nitro benzene ring substituents is 1. The molecule has 0 N–H and O–H groups in total. The van der Waals surface area contributed by atoms with Gasteiger partial charge in [0.25, 0.3) is 5.69 Å². The van der Waals surface area contributed by atoms with Crippen LogP contribution in [0.5, 0.6) is 0 Å². The van der Waals surface area contributed by atoms with Crippen molar-refractivity contribution < 1.29 is 19.3 Å². The van der Waals surface area contributed by atoms with E-state index in [9.17, 15) is 20.2 Å². The lowest BCUT2D eigenvalue weighted by Gasteiger charge is -2.04. The highest BCUT2D eigenvalue weighted by Crippen LogP contribution is 2.58. The van der Waals surface area contributed by atoms with E-state index in [-0.39, 0.29) is 5.69 Å². The monoisotopic (exact) mass is 304 g/mol. The molecular weight excluding hydrogens is 296 g/mol. The normalized spacial score (nSPS) is 37.5. The van der Waals surface area contributed by atoms with Crippen LogP contribution in [0.3, 0.4) is 0 Å². The molecule has 0 amide bonds. The number of nitrogens with zero attached hydrogens (tertiary/aromatic N) is 4. The number of nitro benzene ring substituents is 1. The van der Waals surface area contributed by atoms with Gasteiger partial charge in [-0.2, -0.15) is 5.11 Å². The third-order valence-corrected chi connectivity index (χ3v) is 3.84. The van der Waals surface area contributed by atoms with Crippen LogP contribution in [0, 0.1) is 20.2 Å². The fourth-order valence-corrected chi connectivity index (χ4v) is 2.50. The summed E-state index contributed by atoms with van der Waals surface area (Å²) >= 11 is 0. The van der Waals surface area contributed by atoms with Crippen LogP contribution in [-0.2, 0) is 9.47 Å². The van der Waals surface area contributed by atoms with Gasteiger partial charge in [0.15, 0.2) is 12.2 Å². The number of ether oxygens (including phenoxy) is 2. The molecule has 2 heterocycles. The van der Waals surface area contributed by atoms with Crippen molar-refractivity contribution >= 4 is 11.4 Å². The van der Waals surface area contributed by atoms with Crippen molar-refractivity contribution in [3.63, 3.8) is 0 Å². The molecule has 4 atom stereocenters. The molecule has 4 unspecified atom stereocenters. The molecule has 3 aliphatic rings.